The SMILES string of the molecule is Cc1ccccc1NC(=S)NCc1cccnc1. The average Bonchev–Trinajstić information content (AvgIpc) is 2.40. The van der Waals surface area contributed by atoms with Gasteiger partial charge in [0.1, 0.15) is 0 Å². The number of aromatic nitrogens is 1. The van der Waals surface area contributed by atoms with Crippen molar-refractivity contribution in [2.75, 3.05) is 5.32 Å². The van der Waals surface area contributed by atoms with Crippen LogP contribution in [-0.2, 0) is 6.54 Å². The van der Waals surface area contributed by atoms with Crippen molar-refractivity contribution >= 4 is 23.0 Å². The van der Waals surface area contributed by atoms with E-state index in [1.165, 1.54) is 5.56 Å². The van der Waals surface area contributed by atoms with Gasteiger partial charge in [-0.2, -0.15) is 0 Å². The summed E-state index contributed by atoms with van der Waals surface area (Å²) in [6.07, 6.45) is 3.58. The van der Waals surface area contributed by atoms with Crippen molar-refractivity contribution in [2.45, 2.75) is 13.5 Å². The molecule has 0 spiro atoms. The van der Waals surface area contributed by atoms with Gasteiger partial charge in [-0.1, -0.05) is 24.3 Å². The summed E-state index contributed by atoms with van der Waals surface area (Å²) in [6.45, 7) is 2.72. The first-order valence-corrected chi connectivity index (χ1v) is 6.16. The molecule has 0 radical (unpaired) electrons. The second-order valence-electron chi connectivity index (χ2n) is 3.98. The molecule has 92 valence electrons. The number of para-hydroxylation sites is 1. The van der Waals surface area contributed by atoms with Crippen molar-refractivity contribution in [3.63, 3.8) is 0 Å². The fourth-order valence-electron chi connectivity index (χ4n) is 1.56. The van der Waals surface area contributed by atoms with E-state index in [-0.39, 0.29) is 0 Å². The molecule has 1 aromatic carbocycles. The molecule has 0 fully saturated rings. The van der Waals surface area contributed by atoms with Gasteiger partial charge in [0.25, 0.3) is 0 Å². The third-order valence-electron chi connectivity index (χ3n) is 2.57. The molecule has 4 heteroatoms. The first-order chi connectivity index (χ1) is 8.75. The number of hydrogen-bond donors (Lipinski definition) is 2. The maximum Gasteiger partial charge on any atom is 0.171 e. The van der Waals surface area contributed by atoms with Crippen LogP contribution in [0.5, 0.6) is 0 Å². The zero-order valence-corrected chi connectivity index (χ0v) is 11.0. The van der Waals surface area contributed by atoms with Gasteiger partial charge >= 0.3 is 0 Å². The largest absolute Gasteiger partial charge is 0.358 e. The molecule has 3 nitrogen and oxygen atoms in total. The van der Waals surface area contributed by atoms with Crippen molar-refractivity contribution in [3.8, 4) is 0 Å². The summed E-state index contributed by atoms with van der Waals surface area (Å²) in [5, 5.41) is 6.95. The Balaban J connectivity index is 1.88. The third-order valence-corrected chi connectivity index (χ3v) is 2.82. The molecule has 1 aromatic heterocycles. The molecule has 0 aliphatic carbocycles. The van der Waals surface area contributed by atoms with Crippen molar-refractivity contribution in [1.29, 1.82) is 0 Å². The Labute approximate surface area is 112 Å². The topological polar surface area (TPSA) is 37.0 Å². The van der Waals surface area contributed by atoms with Gasteiger partial charge in [-0.05, 0) is 42.4 Å². The lowest BCUT2D eigenvalue weighted by molar-refractivity contribution is 0.916. The van der Waals surface area contributed by atoms with E-state index in [2.05, 4.69) is 15.6 Å². The summed E-state index contributed by atoms with van der Waals surface area (Å²) in [5.41, 5.74) is 3.30. The quantitative estimate of drug-likeness (QED) is 0.829. The summed E-state index contributed by atoms with van der Waals surface area (Å²) in [5.74, 6) is 0. The number of rotatable bonds is 3. The zero-order valence-electron chi connectivity index (χ0n) is 10.2. The highest BCUT2D eigenvalue weighted by molar-refractivity contribution is 7.80. The lowest BCUT2D eigenvalue weighted by atomic mass is 10.2. The highest BCUT2D eigenvalue weighted by Gasteiger charge is 2.00. The van der Waals surface area contributed by atoms with E-state index >= 15 is 0 Å². The molecule has 0 bridgehead atoms. The number of nitrogens with one attached hydrogen (secondary N) is 2. The van der Waals surface area contributed by atoms with Gasteiger partial charge in [0.15, 0.2) is 5.11 Å². The van der Waals surface area contributed by atoms with Gasteiger partial charge in [-0.15, -0.1) is 0 Å². The Morgan fingerprint density at radius 3 is 2.78 bits per heavy atom. The molecule has 0 atom stereocenters. The van der Waals surface area contributed by atoms with Crippen molar-refractivity contribution in [2.24, 2.45) is 0 Å². The number of aryl methyl sites for hydroxylation is 1. The number of nitrogens with zero attached hydrogens (tertiary/aromatic N) is 1. The fraction of sp³-hybridized carbons (Fsp3) is 0.143. The van der Waals surface area contributed by atoms with Crippen molar-refractivity contribution < 1.29 is 0 Å². The Kier molecular flexibility index (Phi) is 4.25. The van der Waals surface area contributed by atoms with Crippen LogP contribution in [0.15, 0.2) is 48.8 Å². The number of benzene rings is 1. The van der Waals surface area contributed by atoms with Gasteiger partial charge < -0.3 is 10.6 Å². The van der Waals surface area contributed by atoms with E-state index in [4.69, 9.17) is 12.2 Å². The van der Waals surface area contributed by atoms with Crippen LogP contribution >= 0.6 is 12.2 Å². The smallest absolute Gasteiger partial charge is 0.171 e. The second kappa shape index (κ2) is 6.12. The summed E-state index contributed by atoms with van der Waals surface area (Å²) in [7, 11) is 0. The molecule has 0 aliphatic heterocycles. The molecule has 0 amide bonds. The molecule has 2 rings (SSSR count). The van der Waals surface area contributed by atoms with Crippen LogP contribution in [0.3, 0.4) is 0 Å². The number of hydrogen-bond acceptors (Lipinski definition) is 2. The standard InChI is InChI=1S/C14H15N3S/c1-11-5-2-3-7-13(11)17-14(18)16-10-12-6-4-8-15-9-12/h2-9H,10H2,1H3,(H2,16,17,18). The maximum atomic E-state index is 5.25. The number of pyridine rings is 1. The first-order valence-electron chi connectivity index (χ1n) is 5.75. The van der Waals surface area contributed by atoms with Crippen LogP contribution in [-0.4, -0.2) is 10.1 Å². The minimum atomic E-state index is 0.619. The molecule has 0 saturated carbocycles. The first kappa shape index (κ1) is 12.5. The van der Waals surface area contributed by atoms with E-state index in [0.29, 0.717) is 11.7 Å². The summed E-state index contributed by atoms with van der Waals surface area (Å²) in [4.78, 5) is 4.06. The normalized spacial score (nSPS) is 9.83. The monoisotopic (exact) mass is 257 g/mol. The van der Waals surface area contributed by atoms with E-state index in [9.17, 15) is 0 Å². The predicted octanol–water partition coefficient (Wildman–Crippen LogP) is 2.88. The van der Waals surface area contributed by atoms with E-state index < -0.39 is 0 Å². The lowest BCUT2D eigenvalue weighted by Crippen LogP contribution is -2.28. The maximum absolute atomic E-state index is 5.25. The molecule has 2 aromatic rings. The fourth-order valence-corrected chi connectivity index (χ4v) is 1.75. The van der Waals surface area contributed by atoms with E-state index in [0.717, 1.165) is 11.3 Å². The number of thiocarbonyl (C=S) groups is 1. The minimum Gasteiger partial charge on any atom is -0.358 e. The van der Waals surface area contributed by atoms with Crippen LogP contribution in [0.4, 0.5) is 5.69 Å². The highest BCUT2D eigenvalue weighted by atomic mass is 32.1. The Morgan fingerprint density at radius 2 is 2.06 bits per heavy atom. The summed E-state index contributed by atoms with van der Waals surface area (Å²) >= 11 is 5.25. The van der Waals surface area contributed by atoms with Crippen molar-refractivity contribution in [3.05, 3.63) is 59.9 Å². The van der Waals surface area contributed by atoms with E-state index in [1.54, 1.807) is 6.20 Å². The van der Waals surface area contributed by atoms with Crippen LogP contribution in [0.25, 0.3) is 0 Å². The average molecular weight is 257 g/mol. The van der Waals surface area contributed by atoms with Gasteiger partial charge in [0, 0.05) is 24.6 Å². The third kappa shape index (κ3) is 3.53. The second-order valence-corrected chi connectivity index (χ2v) is 4.39. The molecule has 1 heterocycles. The van der Waals surface area contributed by atoms with Crippen LogP contribution in [0.1, 0.15) is 11.1 Å². The Hall–Kier alpha value is -1.94. The predicted molar refractivity (Wildman–Crippen MR) is 78.5 cm³/mol. The molecular formula is C14H15N3S. The van der Waals surface area contributed by atoms with Crippen LogP contribution in [0.2, 0.25) is 0 Å². The molecule has 0 saturated heterocycles. The summed E-state index contributed by atoms with van der Waals surface area (Å²) < 4.78 is 0. The van der Waals surface area contributed by atoms with Crippen LogP contribution < -0.4 is 10.6 Å². The van der Waals surface area contributed by atoms with E-state index in [1.807, 2.05) is 49.5 Å². The van der Waals surface area contributed by atoms with Gasteiger partial charge in [-0.3, -0.25) is 4.98 Å². The lowest BCUT2D eigenvalue weighted by Gasteiger charge is -2.12. The number of anilines is 1. The Bertz CT molecular complexity index is 526. The molecule has 0 unspecified atom stereocenters. The van der Waals surface area contributed by atoms with Gasteiger partial charge in [0.2, 0.25) is 0 Å². The van der Waals surface area contributed by atoms with Gasteiger partial charge in [-0.25, -0.2) is 0 Å². The minimum absolute atomic E-state index is 0.619. The Morgan fingerprint density at radius 1 is 1.22 bits per heavy atom. The van der Waals surface area contributed by atoms with Crippen LogP contribution in [0, 0.1) is 6.92 Å². The van der Waals surface area contributed by atoms with Gasteiger partial charge in [0.05, 0.1) is 0 Å². The zero-order chi connectivity index (χ0) is 12.8. The summed E-state index contributed by atoms with van der Waals surface area (Å²) in [6, 6.07) is 12.0. The van der Waals surface area contributed by atoms with Crippen molar-refractivity contribution in [1.82, 2.24) is 10.3 Å². The molecule has 18 heavy (non-hydrogen) atoms. The molecule has 0 aliphatic rings. The molecular weight excluding hydrogens is 242 g/mol. The molecule has 2 N–H and O–H groups in total. The highest BCUT2D eigenvalue weighted by Crippen LogP contribution is 2.12.